The Bertz CT molecular complexity index is 486. The molecule has 0 unspecified atom stereocenters. The van der Waals surface area contributed by atoms with E-state index in [2.05, 4.69) is 0 Å². The molecule has 0 aliphatic rings. The first-order chi connectivity index (χ1) is 7.83. The van der Waals surface area contributed by atoms with Crippen molar-refractivity contribution in [3.63, 3.8) is 0 Å². The zero-order valence-electron chi connectivity index (χ0n) is 9.88. The van der Waals surface area contributed by atoms with Crippen molar-refractivity contribution in [1.82, 2.24) is 0 Å². The van der Waals surface area contributed by atoms with E-state index in [-0.39, 0.29) is 17.1 Å². The van der Waals surface area contributed by atoms with Crippen LogP contribution in [0, 0.1) is 0 Å². The van der Waals surface area contributed by atoms with E-state index in [0.717, 1.165) is 5.56 Å². The van der Waals surface area contributed by atoms with Gasteiger partial charge >= 0.3 is 5.97 Å². The van der Waals surface area contributed by atoms with Crippen molar-refractivity contribution in [3.8, 4) is 0 Å². The topological polar surface area (TPSA) is 71.4 Å². The van der Waals surface area contributed by atoms with Gasteiger partial charge in [-0.25, -0.2) is 8.42 Å². The lowest BCUT2D eigenvalue weighted by molar-refractivity contribution is -0.136. The average Bonchev–Trinajstić information content (AvgIpc) is 2.27. The number of carbonyl (C=O) groups is 1. The molecule has 4 nitrogen and oxygen atoms in total. The van der Waals surface area contributed by atoms with Crippen LogP contribution in [0.3, 0.4) is 0 Å². The Morgan fingerprint density at radius 1 is 1.24 bits per heavy atom. The molecule has 1 aromatic carbocycles. The quantitative estimate of drug-likeness (QED) is 0.875. The molecule has 1 aromatic rings. The van der Waals surface area contributed by atoms with Gasteiger partial charge in [0, 0.05) is 0 Å². The van der Waals surface area contributed by atoms with Crippen molar-refractivity contribution >= 4 is 15.8 Å². The van der Waals surface area contributed by atoms with Gasteiger partial charge in [-0.1, -0.05) is 26.0 Å². The van der Waals surface area contributed by atoms with Gasteiger partial charge in [0.2, 0.25) is 0 Å². The van der Waals surface area contributed by atoms with Crippen LogP contribution in [-0.4, -0.2) is 25.2 Å². The molecule has 0 spiro atoms. The highest BCUT2D eigenvalue weighted by molar-refractivity contribution is 7.91. The average molecular weight is 256 g/mol. The summed E-state index contributed by atoms with van der Waals surface area (Å²) >= 11 is 0. The predicted molar refractivity (Wildman–Crippen MR) is 64.8 cm³/mol. The summed E-state index contributed by atoms with van der Waals surface area (Å²) in [6, 6.07) is 6.59. The van der Waals surface area contributed by atoms with Crippen molar-refractivity contribution in [1.29, 1.82) is 0 Å². The molecule has 0 saturated heterocycles. The fourth-order valence-corrected chi connectivity index (χ4v) is 2.63. The Morgan fingerprint density at radius 2 is 1.76 bits per heavy atom. The van der Waals surface area contributed by atoms with Gasteiger partial charge < -0.3 is 5.11 Å². The van der Waals surface area contributed by atoms with E-state index in [1.807, 2.05) is 13.8 Å². The van der Waals surface area contributed by atoms with E-state index in [0.29, 0.717) is 5.92 Å². The SMILES string of the molecule is CC(C)c1ccc(S(=O)(=O)CCC(=O)O)cc1. The summed E-state index contributed by atoms with van der Waals surface area (Å²) in [5, 5.41) is 8.48. The summed E-state index contributed by atoms with van der Waals surface area (Å²) in [6.07, 6.45) is -0.367. The highest BCUT2D eigenvalue weighted by Gasteiger charge is 2.16. The Kier molecular flexibility index (Phi) is 4.28. The summed E-state index contributed by atoms with van der Waals surface area (Å²) in [5.74, 6) is -1.12. The molecular formula is C12H16O4S. The second-order valence-corrected chi connectivity index (χ2v) is 6.30. The first kappa shape index (κ1) is 13.7. The molecule has 94 valence electrons. The van der Waals surface area contributed by atoms with Gasteiger partial charge in [-0.15, -0.1) is 0 Å². The molecule has 17 heavy (non-hydrogen) atoms. The molecule has 5 heteroatoms. The van der Waals surface area contributed by atoms with Crippen LogP contribution in [0.5, 0.6) is 0 Å². The fraction of sp³-hybridized carbons (Fsp3) is 0.417. The number of carboxylic acid groups (broad SMARTS) is 1. The lowest BCUT2D eigenvalue weighted by Gasteiger charge is -2.07. The number of benzene rings is 1. The van der Waals surface area contributed by atoms with E-state index >= 15 is 0 Å². The number of aliphatic carboxylic acids is 1. The highest BCUT2D eigenvalue weighted by atomic mass is 32.2. The van der Waals surface area contributed by atoms with Crippen LogP contribution < -0.4 is 0 Å². The highest BCUT2D eigenvalue weighted by Crippen LogP contribution is 2.18. The second-order valence-electron chi connectivity index (χ2n) is 4.19. The van der Waals surface area contributed by atoms with Crippen LogP contribution in [0.15, 0.2) is 29.2 Å². The molecule has 0 fully saturated rings. The Hall–Kier alpha value is -1.36. The van der Waals surface area contributed by atoms with E-state index in [1.54, 1.807) is 12.1 Å². The first-order valence-electron chi connectivity index (χ1n) is 5.37. The molecule has 0 radical (unpaired) electrons. The number of carboxylic acids is 1. The van der Waals surface area contributed by atoms with Crippen molar-refractivity contribution < 1.29 is 18.3 Å². The second kappa shape index (κ2) is 5.31. The molecule has 0 aliphatic carbocycles. The largest absolute Gasteiger partial charge is 0.481 e. The molecule has 0 heterocycles. The van der Waals surface area contributed by atoms with Crippen molar-refractivity contribution in [2.24, 2.45) is 0 Å². The molecule has 0 bridgehead atoms. The van der Waals surface area contributed by atoms with Gasteiger partial charge in [0.05, 0.1) is 17.1 Å². The van der Waals surface area contributed by atoms with Crippen molar-refractivity contribution in [2.45, 2.75) is 31.1 Å². The third kappa shape index (κ3) is 3.85. The summed E-state index contributed by atoms with van der Waals surface area (Å²) in [4.78, 5) is 10.5. The van der Waals surface area contributed by atoms with Crippen LogP contribution in [0.1, 0.15) is 31.7 Å². The predicted octanol–water partition coefficient (Wildman–Crippen LogP) is 2.06. The van der Waals surface area contributed by atoms with Crippen molar-refractivity contribution in [2.75, 3.05) is 5.75 Å². The Labute approximate surface area is 101 Å². The Balaban J connectivity index is 2.89. The summed E-state index contributed by atoms with van der Waals surface area (Å²) < 4.78 is 23.5. The number of sulfone groups is 1. The van der Waals surface area contributed by atoms with Gasteiger partial charge in [-0.05, 0) is 23.6 Å². The summed E-state index contributed by atoms with van der Waals surface area (Å²) in [7, 11) is -3.48. The van der Waals surface area contributed by atoms with Gasteiger partial charge in [-0.2, -0.15) is 0 Å². The van der Waals surface area contributed by atoms with Crippen LogP contribution in [0.25, 0.3) is 0 Å². The minimum Gasteiger partial charge on any atom is -0.481 e. The maximum Gasteiger partial charge on any atom is 0.304 e. The van der Waals surface area contributed by atoms with Gasteiger partial charge in [-0.3, -0.25) is 4.79 Å². The number of hydrogen-bond donors (Lipinski definition) is 1. The molecule has 0 aromatic heterocycles. The van der Waals surface area contributed by atoms with E-state index < -0.39 is 15.8 Å². The molecule has 1 N–H and O–H groups in total. The first-order valence-corrected chi connectivity index (χ1v) is 7.02. The standard InChI is InChI=1S/C12H16O4S/c1-9(2)10-3-5-11(6-4-10)17(15,16)8-7-12(13)14/h3-6,9H,7-8H2,1-2H3,(H,13,14). The van der Waals surface area contributed by atoms with E-state index in [1.165, 1.54) is 12.1 Å². The van der Waals surface area contributed by atoms with Gasteiger partial charge in [0.15, 0.2) is 9.84 Å². The fourth-order valence-electron chi connectivity index (χ4n) is 1.40. The summed E-state index contributed by atoms with van der Waals surface area (Å²) in [6.45, 7) is 4.04. The van der Waals surface area contributed by atoms with Crippen molar-refractivity contribution in [3.05, 3.63) is 29.8 Å². The zero-order chi connectivity index (χ0) is 13.1. The smallest absolute Gasteiger partial charge is 0.304 e. The molecule has 0 saturated carbocycles. The van der Waals surface area contributed by atoms with Gasteiger partial charge in [0.1, 0.15) is 0 Å². The lowest BCUT2D eigenvalue weighted by Crippen LogP contribution is -2.11. The molecule has 0 amide bonds. The summed E-state index contributed by atoms with van der Waals surface area (Å²) in [5.41, 5.74) is 1.06. The minimum absolute atomic E-state index is 0.183. The third-order valence-electron chi connectivity index (χ3n) is 2.49. The molecule has 1 rings (SSSR count). The van der Waals surface area contributed by atoms with E-state index in [4.69, 9.17) is 5.11 Å². The van der Waals surface area contributed by atoms with Crippen LogP contribution in [0.2, 0.25) is 0 Å². The maximum absolute atomic E-state index is 11.8. The van der Waals surface area contributed by atoms with Crippen LogP contribution in [0.4, 0.5) is 0 Å². The third-order valence-corrected chi connectivity index (χ3v) is 4.22. The number of hydrogen-bond acceptors (Lipinski definition) is 3. The molecular weight excluding hydrogens is 240 g/mol. The zero-order valence-corrected chi connectivity index (χ0v) is 10.7. The van der Waals surface area contributed by atoms with Gasteiger partial charge in [0.25, 0.3) is 0 Å². The lowest BCUT2D eigenvalue weighted by atomic mass is 10.0. The normalized spacial score (nSPS) is 11.7. The van der Waals surface area contributed by atoms with Crippen LogP contribution in [-0.2, 0) is 14.6 Å². The van der Waals surface area contributed by atoms with Crippen LogP contribution >= 0.6 is 0 Å². The monoisotopic (exact) mass is 256 g/mol. The van der Waals surface area contributed by atoms with E-state index in [9.17, 15) is 13.2 Å². The number of rotatable bonds is 5. The minimum atomic E-state index is -3.48. The Morgan fingerprint density at radius 3 is 2.18 bits per heavy atom. The molecule has 0 atom stereocenters. The maximum atomic E-state index is 11.8. The molecule has 0 aliphatic heterocycles.